The summed E-state index contributed by atoms with van der Waals surface area (Å²) in [4.78, 5) is 10.9. The van der Waals surface area contributed by atoms with Crippen molar-refractivity contribution in [3.63, 3.8) is 0 Å². The van der Waals surface area contributed by atoms with Crippen LogP contribution in [-0.2, 0) is 4.74 Å². The van der Waals surface area contributed by atoms with Gasteiger partial charge < -0.3 is 10.5 Å². The zero-order valence-electron chi connectivity index (χ0n) is 7.63. The van der Waals surface area contributed by atoms with E-state index < -0.39 is 6.09 Å². The molecule has 0 heterocycles. The SMILES string of the molecule is COC(=O)Nc1cc(C)ccc1N. The van der Waals surface area contributed by atoms with Crippen molar-refractivity contribution in [2.24, 2.45) is 0 Å². The van der Waals surface area contributed by atoms with E-state index in [-0.39, 0.29) is 0 Å². The maximum Gasteiger partial charge on any atom is 0.411 e. The first-order chi connectivity index (χ1) is 6.13. The zero-order chi connectivity index (χ0) is 9.84. The minimum Gasteiger partial charge on any atom is -0.453 e. The molecule has 0 atom stereocenters. The van der Waals surface area contributed by atoms with Crippen LogP contribution in [0.1, 0.15) is 5.56 Å². The number of methoxy groups -OCH3 is 1. The monoisotopic (exact) mass is 180 g/mol. The van der Waals surface area contributed by atoms with Gasteiger partial charge in [0, 0.05) is 0 Å². The second-order valence-electron chi connectivity index (χ2n) is 2.71. The van der Waals surface area contributed by atoms with Crippen molar-refractivity contribution in [2.75, 3.05) is 18.2 Å². The Bertz CT molecular complexity index is 323. The van der Waals surface area contributed by atoms with Gasteiger partial charge in [-0.2, -0.15) is 0 Å². The molecule has 4 heteroatoms. The summed E-state index contributed by atoms with van der Waals surface area (Å²) in [5, 5.41) is 2.51. The van der Waals surface area contributed by atoms with E-state index in [1.54, 1.807) is 12.1 Å². The Morgan fingerprint density at radius 2 is 2.23 bits per heavy atom. The average Bonchev–Trinajstić information content (AvgIpc) is 2.11. The summed E-state index contributed by atoms with van der Waals surface area (Å²) in [6, 6.07) is 5.39. The van der Waals surface area contributed by atoms with Gasteiger partial charge in [-0.15, -0.1) is 0 Å². The van der Waals surface area contributed by atoms with Gasteiger partial charge in [-0.25, -0.2) is 4.79 Å². The molecule has 0 spiro atoms. The highest BCUT2D eigenvalue weighted by Crippen LogP contribution is 2.19. The fourth-order valence-electron chi connectivity index (χ4n) is 0.939. The first kappa shape index (κ1) is 9.38. The number of carbonyl (C=O) groups is 1. The number of hydrogen-bond acceptors (Lipinski definition) is 3. The molecular weight excluding hydrogens is 168 g/mol. The molecule has 0 aromatic heterocycles. The van der Waals surface area contributed by atoms with Crippen molar-refractivity contribution in [3.8, 4) is 0 Å². The number of amides is 1. The summed E-state index contributed by atoms with van der Waals surface area (Å²) in [5.74, 6) is 0. The van der Waals surface area contributed by atoms with Crippen molar-refractivity contribution in [1.29, 1.82) is 0 Å². The van der Waals surface area contributed by atoms with E-state index in [9.17, 15) is 4.79 Å². The van der Waals surface area contributed by atoms with Crippen LogP contribution in [0.2, 0.25) is 0 Å². The highest BCUT2D eigenvalue weighted by Gasteiger charge is 2.03. The van der Waals surface area contributed by atoms with Crippen molar-refractivity contribution in [3.05, 3.63) is 23.8 Å². The standard InChI is InChI=1S/C9H12N2O2/c1-6-3-4-7(10)8(5-6)11-9(12)13-2/h3-5H,10H2,1-2H3,(H,11,12). The summed E-state index contributed by atoms with van der Waals surface area (Å²) < 4.78 is 4.44. The van der Waals surface area contributed by atoms with Gasteiger partial charge in [0.1, 0.15) is 0 Å². The molecule has 1 amide bonds. The predicted octanol–water partition coefficient (Wildman–Crippen LogP) is 1.76. The molecule has 3 N–H and O–H groups in total. The number of nitrogens with two attached hydrogens (primary N) is 1. The maximum atomic E-state index is 10.9. The van der Waals surface area contributed by atoms with Gasteiger partial charge in [-0.3, -0.25) is 5.32 Å². The Kier molecular flexibility index (Phi) is 2.74. The average molecular weight is 180 g/mol. The number of anilines is 2. The molecule has 0 fully saturated rings. The quantitative estimate of drug-likeness (QED) is 0.647. The van der Waals surface area contributed by atoms with Gasteiger partial charge in [0.25, 0.3) is 0 Å². The number of nitrogens with one attached hydrogen (secondary N) is 1. The van der Waals surface area contributed by atoms with Crippen LogP contribution >= 0.6 is 0 Å². The minimum absolute atomic E-state index is 0.516. The Hall–Kier alpha value is -1.71. The highest BCUT2D eigenvalue weighted by molar-refractivity contribution is 5.88. The van der Waals surface area contributed by atoms with Gasteiger partial charge in [0.2, 0.25) is 0 Å². The van der Waals surface area contributed by atoms with Crippen molar-refractivity contribution < 1.29 is 9.53 Å². The van der Waals surface area contributed by atoms with Crippen molar-refractivity contribution >= 4 is 17.5 Å². The molecule has 0 unspecified atom stereocenters. The topological polar surface area (TPSA) is 64.3 Å². The van der Waals surface area contributed by atoms with Gasteiger partial charge in [0.15, 0.2) is 0 Å². The Morgan fingerprint density at radius 3 is 2.85 bits per heavy atom. The molecule has 1 rings (SSSR count). The lowest BCUT2D eigenvalue weighted by Crippen LogP contribution is -2.12. The second kappa shape index (κ2) is 3.80. The van der Waals surface area contributed by atoms with Crippen LogP contribution in [0.15, 0.2) is 18.2 Å². The summed E-state index contributed by atoms with van der Waals surface area (Å²) in [6.45, 7) is 1.92. The molecule has 0 aliphatic heterocycles. The van der Waals surface area contributed by atoms with Crippen LogP contribution < -0.4 is 11.1 Å². The van der Waals surface area contributed by atoms with Crippen LogP contribution in [0.5, 0.6) is 0 Å². The first-order valence-electron chi connectivity index (χ1n) is 3.84. The predicted molar refractivity (Wildman–Crippen MR) is 51.6 cm³/mol. The van der Waals surface area contributed by atoms with Gasteiger partial charge >= 0.3 is 6.09 Å². The van der Waals surface area contributed by atoms with Crippen molar-refractivity contribution in [1.82, 2.24) is 0 Å². The van der Waals surface area contributed by atoms with Crippen molar-refractivity contribution in [2.45, 2.75) is 6.92 Å². The fourth-order valence-corrected chi connectivity index (χ4v) is 0.939. The number of benzene rings is 1. The highest BCUT2D eigenvalue weighted by atomic mass is 16.5. The first-order valence-corrected chi connectivity index (χ1v) is 3.84. The number of rotatable bonds is 1. The number of aryl methyl sites for hydroxylation is 1. The second-order valence-corrected chi connectivity index (χ2v) is 2.71. The number of nitrogen functional groups attached to an aromatic ring is 1. The summed E-state index contributed by atoms with van der Waals surface area (Å²) in [5.41, 5.74) is 7.75. The summed E-state index contributed by atoms with van der Waals surface area (Å²) in [6.07, 6.45) is -0.516. The smallest absolute Gasteiger partial charge is 0.411 e. The lowest BCUT2D eigenvalue weighted by molar-refractivity contribution is 0.187. The zero-order valence-corrected chi connectivity index (χ0v) is 7.63. The molecule has 0 saturated heterocycles. The van der Waals surface area contributed by atoms with E-state index in [4.69, 9.17) is 5.73 Å². The van der Waals surface area contributed by atoms with E-state index in [0.29, 0.717) is 11.4 Å². The molecule has 0 bridgehead atoms. The molecule has 4 nitrogen and oxygen atoms in total. The molecule has 13 heavy (non-hydrogen) atoms. The molecule has 0 radical (unpaired) electrons. The third kappa shape index (κ3) is 2.37. The lowest BCUT2D eigenvalue weighted by atomic mass is 10.2. The molecular formula is C9H12N2O2. The van der Waals surface area contributed by atoms with Gasteiger partial charge in [0.05, 0.1) is 18.5 Å². The molecule has 0 aliphatic rings. The number of carbonyl (C=O) groups excluding carboxylic acids is 1. The lowest BCUT2D eigenvalue weighted by Gasteiger charge is -2.07. The summed E-state index contributed by atoms with van der Waals surface area (Å²) in [7, 11) is 1.31. The van der Waals surface area contributed by atoms with Crippen LogP contribution in [-0.4, -0.2) is 13.2 Å². The maximum absolute atomic E-state index is 10.9. The Morgan fingerprint density at radius 1 is 1.54 bits per heavy atom. The van der Waals surface area contributed by atoms with Crippen LogP contribution in [0.4, 0.5) is 16.2 Å². The summed E-state index contributed by atoms with van der Waals surface area (Å²) >= 11 is 0. The minimum atomic E-state index is -0.516. The normalized spacial score (nSPS) is 9.38. The largest absolute Gasteiger partial charge is 0.453 e. The third-order valence-corrected chi connectivity index (χ3v) is 1.63. The van der Waals surface area contributed by atoms with E-state index in [2.05, 4.69) is 10.1 Å². The van der Waals surface area contributed by atoms with Crippen LogP contribution in [0, 0.1) is 6.92 Å². The fraction of sp³-hybridized carbons (Fsp3) is 0.222. The molecule has 1 aromatic carbocycles. The van der Waals surface area contributed by atoms with Crippen LogP contribution in [0.25, 0.3) is 0 Å². The van der Waals surface area contributed by atoms with Gasteiger partial charge in [-0.1, -0.05) is 6.07 Å². The Balaban J connectivity index is 2.87. The molecule has 70 valence electrons. The van der Waals surface area contributed by atoms with Crippen LogP contribution in [0.3, 0.4) is 0 Å². The van der Waals surface area contributed by atoms with E-state index in [1.807, 2.05) is 13.0 Å². The van der Waals surface area contributed by atoms with E-state index in [0.717, 1.165) is 5.56 Å². The molecule has 0 saturated carbocycles. The van der Waals surface area contributed by atoms with E-state index >= 15 is 0 Å². The number of hydrogen-bond donors (Lipinski definition) is 2. The number of ether oxygens (including phenoxy) is 1. The third-order valence-electron chi connectivity index (χ3n) is 1.63. The van der Waals surface area contributed by atoms with E-state index in [1.165, 1.54) is 7.11 Å². The Labute approximate surface area is 76.7 Å². The van der Waals surface area contributed by atoms with Gasteiger partial charge in [-0.05, 0) is 24.6 Å². The molecule has 1 aromatic rings. The molecule has 0 aliphatic carbocycles.